The molecule has 0 atom stereocenters. The highest BCUT2D eigenvalue weighted by molar-refractivity contribution is 9.10. The Morgan fingerprint density at radius 3 is 2.87 bits per heavy atom. The minimum atomic E-state index is -0.356. The molecule has 23 heavy (non-hydrogen) atoms. The number of carbonyl (C=O) groups is 1. The number of halogens is 1. The number of nitrogens with one attached hydrogen (secondary N) is 1. The molecule has 2 aromatic rings. The van der Waals surface area contributed by atoms with Crippen LogP contribution in [0.15, 0.2) is 34.0 Å². The molecule has 0 bridgehead atoms. The van der Waals surface area contributed by atoms with Crippen LogP contribution in [0.3, 0.4) is 0 Å². The lowest BCUT2D eigenvalue weighted by Gasteiger charge is -2.09. The molecular formula is C15H17BrN4O3. The van der Waals surface area contributed by atoms with E-state index in [0.29, 0.717) is 28.3 Å². The molecule has 2 rings (SSSR count). The van der Waals surface area contributed by atoms with E-state index >= 15 is 0 Å². The van der Waals surface area contributed by atoms with Crippen molar-refractivity contribution in [3.8, 4) is 11.5 Å². The average Bonchev–Trinajstić information content (AvgIpc) is 2.87. The molecule has 0 saturated carbocycles. The Morgan fingerprint density at radius 2 is 2.26 bits per heavy atom. The van der Waals surface area contributed by atoms with Gasteiger partial charge < -0.3 is 9.47 Å². The Hall–Kier alpha value is -2.35. The van der Waals surface area contributed by atoms with Crippen LogP contribution >= 0.6 is 15.9 Å². The molecule has 1 amide bonds. The molecule has 0 radical (unpaired) electrons. The van der Waals surface area contributed by atoms with Crippen molar-refractivity contribution in [1.82, 2.24) is 15.2 Å². The van der Waals surface area contributed by atoms with Crippen LogP contribution in [0.25, 0.3) is 0 Å². The van der Waals surface area contributed by atoms with Gasteiger partial charge in [-0.2, -0.15) is 10.2 Å². The molecule has 8 heteroatoms. The zero-order valence-electron chi connectivity index (χ0n) is 13.0. The molecule has 0 spiro atoms. The van der Waals surface area contributed by atoms with Crippen molar-refractivity contribution >= 4 is 28.1 Å². The van der Waals surface area contributed by atoms with Gasteiger partial charge >= 0.3 is 0 Å². The van der Waals surface area contributed by atoms with E-state index in [9.17, 15) is 4.79 Å². The van der Waals surface area contributed by atoms with Gasteiger partial charge in [-0.25, -0.2) is 5.43 Å². The summed E-state index contributed by atoms with van der Waals surface area (Å²) >= 11 is 3.27. The maximum Gasteiger partial charge on any atom is 0.290 e. The Kier molecular flexibility index (Phi) is 5.75. The second-order valence-corrected chi connectivity index (χ2v) is 5.36. The number of ether oxygens (including phenoxy) is 2. The minimum absolute atomic E-state index is 0.356. The van der Waals surface area contributed by atoms with Gasteiger partial charge in [0, 0.05) is 7.05 Å². The molecule has 1 N–H and O–H groups in total. The van der Waals surface area contributed by atoms with Gasteiger partial charge in [0.2, 0.25) is 0 Å². The van der Waals surface area contributed by atoms with Crippen LogP contribution in [0.1, 0.15) is 23.0 Å². The Bertz CT molecular complexity index is 708. The Labute approximate surface area is 142 Å². The van der Waals surface area contributed by atoms with E-state index in [-0.39, 0.29) is 5.91 Å². The molecule has 122 valence electrons. The molecule has 0 aliphatic carbocycles. The van der Waals surface area contributed by atoms with Crippen LogP contribution in [0.4, 0.5) is 0 Å². The van der Waals surface area contributed by atoms with Gasteiger partial charge in [0.25, 0.3) is 5.91 Å². The van der Waals surface area contributed by atoms with Gasteiger partial charge in [0.1, 0.15) is 5.69 Å². The van der Waals surface area contributed by atoms with E-state index in [1.165, 1.54) is 10.9 Å². The van der Waals surface area contributed by atoms with Crippen molar-refractivity contribution in [2.45, 2.75) is 6.92 Å². The van der Waals surface area contributed by atoms with E-state index in [0.717, 1.165) is 5.56 Å². The van der Waals surface area contributed by atoms with E-state index in [1.807, 2.05) is 13.0 Å². The first-order valence-electron chi connectivity index (χ1n) is 6.88. The summed E-state index contributed by atoms with van der Waals surface area (Å²) in [5.41, 5.74) is 3.63. The van der Waals surface area contributed by atoms with Crippen molar-refractivity contribution in [3.05, 3.63) is 40.1 Å². The van der Waals surface area contributed by atoms with Gasteiger partial charge in [-0.1, -0.05) is 0 Å². The van der Waals surface area contributed by atoms with Gasteiger partial charge in [-0.05, 0) is 46.6 Å². The van der Waals surface area contributed by atoms with Gasteiger partial charge in [0.15, 0.2) is 11.5 Å². The quantitative estimate of drug-likeness (QED) is 0.616. The van der Waals surface area contributed by atoms with E-state index < -0.39 is 0 Å². The minimum Gasteiger partial charge on any atom is -0.493 e. The first-order chi connectivity index (χ1) is 11.1. The molecule has 1 aromatic carbocycles. The molecule has 0 aliphatic heterocycles. The number of benzene rings is 1. The summed E-state index contributed by atoms with van der Waals surface area (Å²) in [6, 6.07) is 5.40. The average molecular weight is 381 g/mol. The number of hydrazone groups is 1. The van der Waals surface area contributed by atoms with E-state index in [2.05, 4.69) is 31.6 Å². The lowest BCUT2D eigenvalue weighted by atomic mass is 10.2. The molecule has 7 nitrogen and oxygen atoms in total. The molecule has 1 heterocycles. The highest BCUT2D eigenvalue weighted by Gasteiger charge is 2.14. The molecule has 1 aromatic heterocycles. The third-order valence-corrected chi connectivity index (χ3v) is 3.56. The van der Waals surface area contributed by atoms with Crippen LogP contribution in [0.2, 0.25) is 0 Å². The number of methoxy groups -OCH3 is 1. The topological polar surface area (TPSA) is 77.7 Å². The zero-order chi connectivity index (χ0) is 16.8. The summed E-state index contributed by atoms with van der Waals surface area (Å²) in [6.07, 6.45) is 3.08. The summed E-state index contributed by atoms with van der Waals surface area (Å²) in [5, 5.41) is 7.93. The second-order valence-electron chi connectivity index (χ2n) is 4.51. The van der Waals surface area contributed by atoms with Crippen molar-refractivity contribution in [1.29, 1.82) is 0 Å². The molecular weight excluding hydrogens is 364 g/mol. The normalized spacial score (nSPS) is 10.8. The second kappa shape index (κ2) is 7.77. The predicted molar refractivity (Wildman–Crippen MR) is 90.1 cm³/mol. The van der Waals surface area contributed by atoms with Gasteiger partial charge in [-0.15, -0.1) is 0 Å². The lowest BCUT2D eigenvalue weighted by Crippen LogP contribution is -2.21. The highest BCUT2D eigenvalue weighted by atomic mass is 79.9. The summed E-state index contributed by atoms with van der Waals surface area (Å²) in [6.45, 7) is 2.46. The number of aryl methyl sites for hydroxylation is 1. The SMILES string of the molecule is CCOc1ccc(/C=N\NC(=O)c2c(Br)cnn2C)cc1OC. The standard InChI is InChI=1S/C15H17BrN4O3/c1-4-23-12-6-5-10(7-13(12)22-3)8-17-19-15(21)14-11(16)9-18-20(14)2/h5-9H,4H2,1-3H3,(H,19,21)/b17-8-. The first-order valence-corrected chi connectivity index (χ1v) is 7.67. The fourth-order valence-corrected chi connectivity index (χ4v) is 2.45. The summed E-state index contributed by atoms with van der Waals surface area (Å²) in [4.78, 5) is 12.0. The van der Waals surface area contributed by atoms with Crippen molar-refractivity contribution in [2.75, 3.05) is 13.7 Å². The zero-order valence-corrected chi connectivity index (χ0v) is 14.6. The van der Waals surface area contributed by atoms with Crippen LogP contribution in [-0.2, 0) is 7.05 Å². The largest absolute Gasteiger partial charge is 0.493 e. The van der Waals surface area contributed by atoms with Crippen LogP contribution in [-0.4, -0.2) is 35.6 Å². The maximum atomic E-state index is 12.0. The third kappa shape index (κ3) is 4.10. The van der Waals surface area contributed by atoms with Gasteiger partial charge in [-0.3, -0.25) is 9.48 Å². The van der Waals surface area contributed by atoms with E-state index in [1.54, 1.807) is 32.5 Å². The number of aromatic nitrogens is 2. The summed E-state index contributed by atoms with van der Waals surface area (Å²) in [7, 11) is 3.25. The van der Waals surface area contributed by atoms with Crippen LogP contribution < -0.4 is 14.9 Å². The fourth-order valence-electron chi connectivity index (χ4n) is 1.92. The van der Waals surface area contributed by atoms with Crippen LogP contribution in [0, 0.1) is 0 Å². The molecule has 0 unspecified atom stereocenters. The number of carbonyl (C=O) groups excluding carboxylic acids is 1. The highest BCUT2D eigenvalue weighted by Crippen LogP contribution is 2.27. The molecule has 0 fully saturated rings. The number of amides is 1. The van der Waals surface area contributed by atoms with Crippen molar-refractivity contribution in [3.63, 3.8) is 0 Å². The number of hydrogen-bond donors (Lipinski definition) is 1. The van der Waals surface area contributed by atoms with Gasteiger partial charge in [0.05, 0.1) is 30.6 Å². The third-order valence-electron chi connectivity index (χ3n) is 2.98. The summed E-state index contributed by atoms with van der Waals surface area (Å²) in [5.74, 6) is 0.914. The van der Waals surface area contributed by atoms with Crippen molar-refractivity contribution in [2.24, 2.45) is 12.1 Å². The number of hydrogen-bond acceptors (Lipinski definition) is 5. The molecule has 0 aliphatic rings. The fraction of sp³-hybridized carbons (Fsp3) is 0.267. The van der Waals surface area contributed by atoms with E-state index in [4.69, 9.17) is 9.47 Å². The van der Waals surface area contributed by atoms with Crippen LogP contribution in [0.5, 0.6) is 11.5 Å². The predicted octanol–water partition coefficient (Wildman–Crippen LogP) is 2.35. The monoisotopic (exact) mass is 380 g/mol. The molecule has 0 saturated heterocycles. The smallest absolute Gasteiger partial charge is 0.290 e. The Morgan fingerprint density at radius 1 is 1.48 bits per heavy atom. The van der Waals surface area contributed by atoms with Crippen molar-refractivity contribution < 1.29 is 14.3 Å². The number of nitrogens with zero attached hydrogens (tertiary/aromatic N) is 3. The summed E-state index contributed by atoms with van der Waals surface area (Å²) < 4.78 is 12.8. The Balaban J connectivity index is 2.07. The lowest BCUT2D eigenvalue weighted by molar-refractivity contribution is 0.0945. The first kappa shape index (κ1) is 17.0. The maximum absolute atomic E-state index is 12.0. The number of rotatable bonds is 6.